The number of halogens is 1. The van der Waals surface area contributed by atoms with E-state index in [4.69, 9.17) is 0 Å². The van der Waals surface area contributed by atoms with E-state index in [0.717, 1.165) is 0 Å². The summed E-state index contributed by atoms with van der Waals surface area (Å²) in [5.74, 6) is 0. The molecule has 0 unspecified atom stereocenters. The third kappa shape index (κ3) is 7.78. The van der Waals surface area contributed by atoms with E-state index in [0.29, 0.717) is 0 Å². The number of rotatable bonds is 7. The molecule has 1 heterocycles. The first-order chi connectivity index (χ1) is 6.93. The van der Waals surface area contributed by atoms with E-state index in [2.05, 4.69) is 6.92 Å². The van der Waals surface area contributed by atoms with Crippen molar-refractivity contribution in [3.63, 3.8) is 0 Å². The number of likely N-dealkylation sites (tertiary alicyclic amines) is 1. The molecule has 92 valence electrons. The van der Waals surface area contributed by atoms with E-state index in [-0.39, 0.29) is 4.70 Å². The summed E-state index contributed by atoms with van der Waals surface area (Å²) in [6.07, 6.45) is 13.1. The molecule has 0 aromatic heterocycles. The van der Waals surface area contributed by atoms with Gasteiger partial charge in [0.25, 0.3) is 0 Å². The Labute approximate surface area is 94.6 Å². The van der Waals surface area contributed by atoms with Crippen molar-refractivity contribution in [2.45, 2.75) is 64.7 Å². The SMILES string of the molecule is CCCCCCCC[NH+]1CCCCC1.[F-]. The van der Waals surface area contributed by atoms with Crippen LogP contribution in [0.25, 0.3) is 0 Å². The molecule has 1 saturated heterocycles. The van der Waals surface area contributed by atoms with Gasteiger partial charge in [0.05, 0.1) is 19.6 Å². The average Bonchev–Trinajstić information content (AvgIpc) is 2.25. The first kappa shape index (κ1) is 14.9. The molecule has 0 radical (unpaired) electrons. The Hall–Kier alpha value is -0.110. The van der Waals surface area contributed by atoms with Crippen LogP contribution in [0.3, 0.4) is 0 Å². The van der Waals surface area contributed by atoms with Gasteiger partial charge in [0, 0.05) is 0 Å². The molecule has 0 spiro atoms. The monoisotopic (exact) mass is 217 g/mol. The second kappa shape index (κ2) is 10.4. The van der Waals surface area contributed by atoms with Crippen molar-refractivity contribution < 1.29 is 9.60 Å². The number of unbranched alkanes of at least 4 members (excludes halogenated alkanes) is 5. The molecule has 0 aromatic rings. The molecule has 0 aromatic carbocycles. The molecule has 2 heteroatoms. The molecular weight excluding hydrogens is 189 g/mol. The first-order valence-electron chi connectivity index (χ1n) is 6.77. The van der Waals surface area contributed by atoms with Crippen molar-refractivity contribution in [1.82, 2.24) is 0 Å². The van der Waals surface area contributed by atoms with Gasteiger partial charge in [-0.25, -0.2) is 0 Å². The second-order valence-electron chi connectivity index (χ2n) is 4.83. The molecule has 1 nitrogen and oxygen atoms in total. The van der Waals surface area contributed by atoms with Crippen molar-refractivity contribution in [3.05, 3.63) is 0 Å². The van der Waals surface area contributed by atoms with Crippen molar-refractivity contribution in [1.29, 1.82) is 0 Å². The Morgan fingerprint density at radius 2 is 1.40 bits per heavy atom. The summed E-state index contributed by atoms with van der Waals surface area (Å²) < 4.78 is 0. The molecule has 0 bridgehead atoms. The lowest BCUT2D eigenvalue weighted by molar-refractivity contribution is -0.905. The van der Waals surface area contributed by atoms with Crippen LogP contribution in [-0.2, 0) is 0 Å². The summed E-state index contributed by atoms with van der Waals surface area (Å²) in [4.78, 5) is 1.88. The van der Waals surface area contributed by atoms with Crippen LogP contribution in [0.15, 0.2) is 0 Å². The van der Waals surface area contributed by atoms with Gasteiger partial charge >= 0.3 is 0 Å². The molecule has 1 rings (SSSR count). The lowest BCUT2D eigenvalue weighted by Gasteiger charge is -2.23. The average molecular weight is 217 g/mol. The first-order valence-corrected chi connectivity index (χ1v) is 6.77. The summed E-state index contributed by atoms with van der Waals surface area (Å²) >= 11 is 0. The number of piperidine rings is 1. The highest BCUT2D eigenvalue weighted by molar-refractivity contribution is 4.47. The Kier molecular flexibility index (Phi) is 10.3. The summed E-state index contributed by atoms with van der Waals surface area (Å²) in [6, 6.07) is 0. The molecule has 1 fully saturated rings. The van der Waals surface area contributed by atoms with Gasteiger partial charge in [0.1, 0.15) is 0 Å². The standard InChI is InChI=1S/C13H27N.FH/c1-2-3-4-5-6-8-11-14-12-9-7-10-13-14;/h2-13H2,1H3;1H. The summed E-state index contributed by atoms with van der Waals surface area (Å²) in [5.41, 5.74) is 0. The normalized spacial score (nSPS) is 17.4. The summed E-state index contributed by atoms with van der Waals surface area (Å²) in [5, 5.41) is 0. The van der Waals surface area contributed by atoms with Crippen molar-refractivity contribution in [2.75, 3.05) is 19.6 Å². The van der Waals surface area contributed by atoms with Gasteiger partial charge in [-0.15, -0.1) is 0 Å². The quantitative estimate of drug-likeness (QED) is 0.544. The van der Waals surface area contributed by atoms with Crippen LogP contribution in [0.2, 0.25) is 0 Å². The zero-order chi connectivity index (χ0) is 10.1. The Morgan fingerprint density at radius 3 is 2.07 bits per heavy atom. The molecule has 1 aliphatic heterocycles. The van der Waals surface area contributed by atoms with Gasteiger partial charge in [-0.2, -0.15) is 0 Å². The molecular formula is C13H28FN. The zero-order valence-corrected chi connectivity index (χ0v) is 10.4. The highest BCUT2D eigenvalue weighted by atomic mass is 19.0. The van der Waals surface area contributed by atoms with Crippen LogP contribution in [0.5, 0.6) is 0 Å². The van der Waals surface area contributed by atoms with Crippen LogP contribution in [0.1, 0.15) is 64.7 Å². The Morgan fingerprint density at radius 1 is 0.800 bits per heavy atom. The second-order valence-corrected chi connectivity index (χ2v) is 4.83. The highest BCUT2D eigenvalue weighted by Crippen LogP contribution is 2.04. The molecule has 1 N–H and O–H groups in total. The van der Waals surface area contributed by atoms with Gasteiger partial charge in [-0.05, 0) is 32.1 Å². The van der Waals surface area contributed by atoms with Crippen LogP contribution in [0, 0.1) is 0 Å². The fraction of sp³-hybridized carbons (Fsp3) is 1.00. The van der Waals surface area contributed by atoms with E-state index in [1.165, 1.54) is 77.4 Å². The number of quaternary nitrogens is 1. The van der Waals surface area contributed by atoms with Gasteiger partial charge in [-0.3, -0.25) is 0 Å². The van der Waals surface area contributed by atoms with Crippen molar-refractivity contribution in [2.24, 2.45) is 0 Å². The van der Waals surface area contributed by atoms with Gasteiger partial charge in [0.15, 0.2) is 0 Å². The van der Waals surface area contributed by atoms with Crippen LogP contribution >= 0.6 is 0 Å². The molecule has 0 saturated carbocycles. The van der Waals surface area contributed by atoms with E-state index in [1.807, 2.05) is 4.90 Å². The fourth-order valence-electron chi connectivity index (χ4n) is 2.46. The summed E-state index contributed by atoms with van der Waals surface area (Å²) in [6.45, 7) is 6.65. The van der Waals surface area contributed by atoms with E-state index in [9.17, 15) is 0 Å². The molecule has 0 atom stereocenters. The minimum atomic E-state index is 0. The maximum absolute atomic E-state index is 2.29. The third-order valence-electron chi connectivity index (χ3n) is 3.44. The minimum Gasteiger partial charge on any atom is -1.00 e. The number of nitrogens with one attached hydrogen (secondary N) is 1. The number of hydrogen-bond donors (Lipinski definition) is 1. The van der Waals surface area contributed by atoms with Gasteiger partial charge in [0.2, 0.25) is 0 Å². The maximum atomic E-state index is 2.29. The van der Waals surface area contributed by atoms with Gasteiger partial charge < -0.3 is 9.60 Å². The predicted molar refractivity (Wildman–Crippen MR) is 62.8 cm³/mol. The number of hydrogen-bond acceptors (Lipinski definition) is 0. The molecule has 0 amide bonds. The lowest BCUT2D eigenvalue weighted by atomic mass is 10.1. The van der Waals surface area contributed by atoms with E-state index >= 15 is 0 Å². The molecule has 15 heavy (non-hydrogen) atoms. The predicted octanol–water partition coefficient (Wildman–Crippen LogP) is -0.580. The van der Waals surface area contributed by atoms with E-state index in [1.54, 1.807) is 0 Å². The van der Waals surface area contributed by atoms with Crippen LogP contribution in [-0.4, -0.2) is 19.6 Å². The Bertz CT molecular complexity index is 122. The Balaban J connectivity index is 0.00000196. The largest absolute Gasteiger partial charge is 1.00 e. The topological polar surface area (TPSA) is 4.44 Å². The van der Waals surface area contributed by atoms with E-state index < -0.39 is 0 Å². The minimum absolute atomic E-state index is 0. The molecule has 1 aliphatic rings. The van der Waals surface area contributed by atoms with Crippen LogP contribution < -0.4 is 9.60 Å². The highest BCUT2D eigenvalue weighted by Gasteiger charge is 2.11. The van der Waals surface area contributed by atoms with Crippen LogP contribution in [0.4, 0.5) is 0 Å². The van der Waals surface area contributed by atoms with Crippen molar-refractivity contribution >= 4 is 0 Å². The lowest BCUT2D eigenvalue weighted by Crippen LogP contribution is -3.12. The smallest absolute Gasteiger partial charge is 0.0770 e. The summed E-state index contributed by atoms with van der Waals surface area (Å²) in [7, 11) is 0. The zero-order valence-electron chi connectivity index (χ0n) is 10.4. The van der Waals surface area contributed by atoms with Gasteiger partial charge in [-0.1, -0.05) is 32.6 Å². The third-order valence-corrected chi connectivity index (χ3v) is 3.44. The van der Waals surface area contributed by atoms with Crippen molar-refractivity contribution in [3.8, 4) is 0 Å². The maximum Gasteiger partial charge on any atom is 0.0770 e. The molecule has 0 aliphatic carbocycles. The fourth-order valence-corrected chi connectivity index (χ4v) is 2.46.